The molecule has 5 nitrogen and oxygen atoms in total. The van der Waals surface area contributed by atoms with Gasteiger partial charge in [0.1, 0.15) is 0 Å². The third kappa shape index (κ3) is 3.13. The van der Waals surface area contributed by atoms with Crippen LogP contribution in [0.25, 0.3) is 44.3 Å². The van der Waals surface area contributed by atoms with Crippen LogP contribution in [-0.2, 0) is 0 Å². The minimum absolute atomic E-state index is 0.184. The molecule has 0 fully saturated rings. The third-order valence-electron chi connectivity index (χ3n) is 6.05. The number of pyridine rings is 1. The Balaban J connectivity index is 1.67. The lowest BCUT2D eigenvalue weighted by Gasteiger charge is -2.17. The molecular formula is C28H20N2O3. The molecule has 0 atom stereocenters. The summed E-state index contributed by atoms with van der Waals surface area (Å²) in [7, 11) is 0. The van der Waals surface area contributed by atoms with Crippen LogP contribution >= 0.6 is 0 Å². The molecule has 0 saturated heterocycles. The zero-order chi connectivity index (χ0) is 22.4. The van der Waals surface area contributed by atoms with Crippen molar-refractivity contribution in [3.63, 3.8) is 0 Å². The number of rotatable bonds is 3. The number of hydrogen-bond acceptors (Lipinski definition) is 4. The monoisotopic (exact) mass is 432 g/mol. The number of fused-ring (bicyclic) bond motifs is 2. The summed E-state index contributed by atoms with van der Waals surface area (Å²) in [5.74, 6) is 7.74. The predicted octanol–water partition coefficient (Wildman–Crippen LogP) is 5.45. The molecule has 5 aromatic rings. The van der Waals surface area contributed by atoms with E-state index in [4.69, 9.17) is 15.3 Å². The molecule has 2 heterocycles. The minimum Gasteiger partial charge on any atom is -0.454 e. The van der Waals surface area contributed by atoms with Gasteiger partial charge < -0.3 is 15.3 Å². The van der Waals surface area contributed by atoms with Crippen LogP contribution in [0.3, 0.4) is 0 Å². The predicted molar refractivity (Wildman–Crippen MR) is 131 cm³/mol. The van der Waals surface area contributed by atoms with Gasteiger partial charge in [-0.05, 0) is 51.7 Å². The maximum atomic E-state index is 13.8. The van der Waals surface area contributed by atoms with Gasteiger partial charge in [-0.3, -0.25) is 4.79 Å². The molecule has 6 rings (SSSR count). The van der Waals surface area contributed by atoms with Crippen molar-refractivity contribution in [1.29, 1.82) is 0 Å². The van der Waals surface area contributed by atoms with E-state index < -0.39 is 0 Å². The van der Waals surface area contributed by atoms with E-state index >= 15 is 0 Å². The van der Waals surface area contributed by atoms with Crippen LogP contribution in [0.4, 0.5) is 0 Å². The van der Waals surface area contributed by atoms with Crippen molar-refractivity contribution in [3.05, 3.63) is 107 Å². The number of hydrogen-bond donors (Lipinski definition) is 1. The third-order valence-corrected chi connectivity index (χ3v) is 6.05. The van der Waals surface area contributed by atoms with E-state index in [1.54, 1.807) is 0 Å². The van der Waals surface area contributed by atoms with Crippen molar-refractivity contribution in [2.45, 2.75) is 0 Å². The maximum Gasteiger partial charge on any atom is 0.277 e. The average molecular weight is 432 g/mol. The highest BCUT2D eigenvalue weighted by Crippen LogP contribution is 2.39. The van der Waals surface area contributed by atoms with E-state index in [-0.39, 0.29) is 12.4 Å². The van der Waals surface area contributed by atoms with E-state index in [9.17, 15) is 4.79 Å². The largest absolute Gasteiger partial charge is 0.454 e. The summed E-state index contributed by atoms with van der Waals surface area (Å²) in [6.45, 7) is 0.184. The van der Waals surface area contributed by atoms with Gasteiger partial charge in [0, 0.05) is 5.56 Å². The van der Waals surface area contributed by atoms with Crippen molar-refractivity contribution >= 4 is 10.8 Å². The van der Waals surface area contributed by atoms with Crippen LogP contribution in [0.15, 0.2) is 102 Å². The number of nitrogens with zero attached hydrogens (tertiary/aromatic N) is 1. The molecule has 1 aliphatic rings. The Morgan fingerprint density at radius 2 is 1.45 bits per heavy atom. The van der Waals surface area contributed by atoms with Crippen molar-refractivity contribution in [2.75, 3.05) is 12.6 Å². The molecule has 160 valence electrons. The second-order valence-corrected chi connectivity index (χ2v) is 7.95. The number of aromatic nitrogens is 1. The van der Waals surface area contributed by atoms with Crippen molar-refractivity contribution in [2.24, 2.45) is 0 Å². The zero-order valence-electron chi connectivity index (χ0n) is 17.7. The topological polar surface area (TPSA) is 66.5 Å². The number of ether oxygens (including phenoxy) is 2. The summed E-state index contributed by atoms with van der Waals surface area (Å²) < 4.78 is 12.2. The molecule has 1 aromatic heterocycles. The summed E-state index contributed by atoms with van der Waals surface area (Å²) in [4.78, 5) is 13.8. The lowest BCUT2D eigenvalue weighted by molar-refractivity contribution is 0.174. The standard InChI is InChI=1S/C28H20N2O3/c29-30-24(20-13-14-25-26(15-20)33-17-32-25)16-23(19-7-2-1-3-8-19)27(28(30)31)22-12-6-10-18-9-4-5-11-21(18)22/h1-16H,17,29H2. The Labute approximate surface area is 190 Å². The Morgan fingerprint density at radius 1 is 0.697 bits per heavy atom. The van der Waals surface area contributed by atoms with Crippen LogP contribution in [-0.4, -0.2) is 11.5 Å². The summed E-state index contributed by atoms with van der Waals surface area (Å²) in [6, 6.07) is 31.5. The first-order valence-corrected chi connectivity index (χ1v) is 10.7. The van der Waals surface area contributed by atoms with Gasteiger partial charge in [0.05, 0.1) is 11.3 Å². The Hall–Kier alpha value is -4.51. The molecule has 0 spiro atoms. The molecule has 0 amide bonds. The molecule has 5 heteroatoms. The lowest BCUT2D eigenvalue weighted by atomic mass is 9.91. The van der Waals surface area contributed by atoms with Crippen molar-refractivity contribution in [1.82, 2.24) is 4.68 Å². The smallest absolute Gasteiger partial charge is 0.277 e. The van der Waals surface area contributed by atoms with Crippen LogP contribution in [0.1, 0.15) is 0 Å². The fourth-order valence-corrected chi connectivity index (χ4v) is 4.45. The number of nitrogens with two attached hydrogens (primary N) is 1. The SMILES string of the molecule is Nn1c(-c2ccc3c(c2)OCO3)cc(-c2ccccc2)c(-c2cccc3ccccc23)c1=O. The molecule has 0 aliphatic carbocycles. The van der Waals surface area contributed by atoms with Gasteiger partial charge >= 0.3 is 0 Å². The second kappa shape index (κ2) is 7.57. The molecule has 33 heavy (non-hydrogen) atoms. The number of benzene rings is 4. The van der Waals surface area contributed by atoms with Crippen LogP contribution in [0.2, 0.25) is 0 Å². The number of nitrogen functional groups attached to an aromatic ring is 1. The molecule has 2 N–H and O–H groups in total. The van der Waals surface area contributed by atoms with Crippen molar-refractivity contribution in [3.8, 4) is 45.0 Å². The molecule has 0 bridgehead atoms. The molecular weight excluding hydrogens is 412 g/mol. The maximum absolute atomic E-state index is 13.8. The summed E-state index contributed by atoms with van der Waals surface area (Å²) in [5.41, 5.74) is 4.31. The van der Waals surface area contributed by atoms with Crippen LogP contribution in [0, 0.1) is 0 Å². The van der Waals surface area contributed by atoms with E-state index in [1.807, 2.05) is 97.1 Å². The van der Waals surface area contributed by atoms with E-state index in [0.29, 0.717) is 22.8 Å². The second-order valence-electron chi connectivity index (χ2n) is 7.95. The van der Waals surface area contributed by atoms with Gasteiger partial charge in [0.15, 0.2) is 11.5 Å². The molecule has 0 unspecified atom stereocenters. The van der Waals surface area contributed by atoms with Gasteiger partial charge in [-0.15, -0.1) is 0 Å². The summed E-state index contributed by atoms with van der Waals surface area (Å²) >= 11 is 0. The van der Waals surface area contributed by atoms with Gasteiger partial charge in [-0.25, -0.2) is 4.68 Å². The van der Waals surface area contributed by atoms with E-state index in [1.165, 1.54) is 4.68 Å². The van der Waals surface area contributed by atoms with Crippen molar-refractivity contribution < 1.29 is 9.47 Å². The van der Waals surface area contributed by atoms with Gasteiger partial charge in [-0.2, -0.15) is 0 Å². The highest BCUT2D eigenvalue weighted by molar-refractivity contribution is 6.00. The van der Waals surface area contributed by atoms with Crippen LogP contribution < -0.4 is 20.9 Å². The Bertz CT molecular complexity index is 1570. The first kappa shape index (κ1) is 19.2. The molecule has 0 radical (unpaired) electrons. The first-order chi connectivity index (χ1) is 16.2. The fraction of sp³-hybridized carbons (Fsp3) is 0.0357. The Kier molecular flexibility index (Phi) is 4.40. The lowest BCUT2D eigenvalue weighted by Crippen LogP contribution is -2.30. The van der Waals surface area contributed by atoms with E-state index in [2.05, 4.69) is 0 Å². The first-order valence-electron chi connectivity index (χ1n) is 10.7. The molecule has 0 saturated carbocycles. The normalized spacial score (nSPS) is 12.2. The van der Waals surface area contributed by atoms with Crippen LogP contribution in [0.5, 0.6) is 11.5 Å². The summed E-state index contributed by atoms with van der Waals surface area (Å²) in [5, 5.41) is 2.07. The highest BCUT2D eigenvalue weighted by atomic mass is 16.7. The fourth-order valence-electron chi connectivity index (χ4n) is 4.45. The van der Waals surface area contributed by atoms with E-state index in [0.717, 1.165) is 33.0 Å². The van der Waals surface area contributed by atoms with Gasteiger partial charge in [0.25, 0.3) is 5.56 Å². The minimum atomic E-state index is -0.264. The molecule has 1 aliphatic heterocycles. The van der Waals surface area contributed by atoms with Gasteiger partial charge in [0.2, 0.25) is 6.79 Å². The Morgan fingerprint density at radius 3 is 2.33 bits per heavy atom. The van der Waals surface area contributed by atoms with Gasteiger partial charge in [-0.1, -0.05) is 72.8 Å². The quantitative estimate of drug-likeness (QED) is 0.385. The zero-order valence-corrected chi connectivity index (χ0v) is 17.7. The average Bonchev–Trinajstić information content (AvgIpc) is 3.34. The molecule has 4 aromatic carbocycles. The highest BCUT2D eigenvalue weighted by Gasteiger charge is 2.21. The summed E-state index contributed by atoms with van der Waals surface area (Å²) in [6.07, 6.45) is 0.